The molecule has 0 aromatic heterocycles. The standard InChI is InChI=1S/C4H7NO2.CH4/c6-3-4-1-2-7-5-4;/h6H,1-3H2;1H4/i3D2;. The molecule has 8 heavy (non-hydrogen) atoms. The summed E-state index contributed by atoms with van der Waals surface area (Å²) in [6.07, 6.45) is 0.378. The van der Waals surface area contributed by atoms with E-state index in [0.29, 0.717) is 13.0 Å². The minimum atomic E-state index is -2.30. The van der Waals surface area contributed by atoms with Crippen molar-refractivity contribution < 1.29 is 12.7 Å². The second kappa shape index (κ2) is 3.43. The zero-order valence-electron chi connectivity index (χ0n) is 5.72. The molecule has 0 aromatic rings. The van der Waals surface area contributed by atoms with Gasteiger partial charge in [-0.25, -0.2) is 0 Å². The molecular formula is C5H11NO2. The second-order valence-corrected chi connectivity index (χ2v) is 1.23. The zero-order valence-corrected chi connectivity index (χ0v) is 3.72. The molecule has 0 atom stereocenters. The third-order valence-corrected chi connectivity index (χ3v) is 0.734. The summed E-state index contributed by atoms with van der Waals surface area (Å²) in [6.45, 7) is -1.92. The Labute approximate surface area is 51.8 Å². The van der Waals surface area contributed by atoms with Gasteiger partial charge in [0.1, 0.15) is 6.61 Å². The SMILES string of the molecule is C.[2H]C([2H])(O)C1=NOCC1. The van der Waals surface area contributed by atoms with Crippen LogP contribution in [0.25, 0.3) is 0 Å². The zero-order chi connectivity index (χ0) is 6.91. The predicted octanol–water partition coefficient (Wildman–Crippen LogP) is 0.391. The van der Waals surface area contributed by atoms with Crippen molar-refractivity contribution in [3.05, 3.63) is 0 Å². The van der Waals surface area contributed by atoms with Gasteiger partial charge in [0.25, 0.3) is 0 Å². The van der Waals surface area contributed by atoms with Gasteiger partial charge >= 0.3 is 0 Å². The Bertz CT molecular complexity index is 141. The first-order valence-electron chi connectivity index (χ1n) is 3.02. The van der Waals surface area contributed by atoms with Crippen LogP contribution in [0.4, 0.5) is 0 Å². The largest absolute Gasteiger partial charge is 0.395 e. The number of rotatable bonds is 1. The first kappa shape index (κ1) is 4.32. The minimum absolute atomic E-state index is 0. The molecule has 3 nitrogen and oxygen atoms in total. The van der Waals surface area contributed by atoms with E-state index in [2.05, 4.69) is 9.99 Å². The maximum Gasteiger partial charge on any atom is 0.122 e. The summed E-state index contributed by atoms with van der Waals surface area (Å²) in [5.41, 5.74) is 0.0718. The highest BCUT2D eigenvalue weighted by molar-refractivity contribution is 5.85. The van der Waals surface area contributed by atoms with Crippen LogP contribution in [0.15, 0.2) is 5.16 Å². The third kappa shape index (κ3) is 1.50. The quantitative estimate of drug-likeness (QED) is 0.542. The smallest absolute Gasteiger partial charge is 0.122 e. The van der Waals surface area contributed by atoms with Gasteiger partial charge in [0.2, 0.25) is 0 Å². The lowest BCUT2D eigenvalue weighted by Gasteiger charge is -1.81. The molecule has 0 fully saturated rings. The van der Waals surface area contributed by atoms with Crippen molar-refractivity contribution in [2.24, 2.45) is 5.16 Å². The van der Waals surface area contributed by atoms with Gasteiger partial charge in [0.15, 0.2) is 0 Å². The molecule has 0 spiro atoms. The van der Waals surface area contributed by atoms with Gasteiger partial charge in [-0.15, -0.1) is 0 Å². The molecule has 0 saturated carbocycles. The van der Waals surface area contributed by atoms with E-state index in [1.807, 2.05) is 0 Å². The Balaban J connectivity index is 0.000000810. The second-order valence-electron chi connectivity index (χ2n) is 1.23. The maximum atomic E-state index is 8.64. The lowest BCUT2D eigenvalue weighted by Crippen LogP contribution is -1.98. The van der Waals surface area contributed by atoms with E-state index in [9.17, 15) is 0 Å². The Morgan fingerprint density at radius 1 is 2.00 bits per heavy atom. The Morgan fingerprint density at radius 3 is 3.00 bits per heavy atom. The van der Waals surface area contributed by atoms with Crippen molar-refractivity contribution in [2.45, 2.75) is 13.8 Å². The van der Waals surface area contributed by atoms with Crippen LogP contribution in [0.3, 0.4) is 0 Å². The Morgan fingerprint density at radius 2 is 2.75 bits per heavy atom. The number of aliphatic hydroxyl groups is 1. The van der Waals surface area contributed by atoms with E-state index in [-0.39, 0.29) is 13.1 Å². The van der Waals surface area contributed by atoms with Crippen molar-refractivity contribution in [2.75, 3.05) is 13.2 Å². The fourth-order valence-corrected chi connectivity index (χ4v) is 0.388. The molecule has 3 heteroatoms. The first-order chi connectivity index (χ1) is 4.11. The maximum absolute atomic E-state index is 8.64. The average Bonchev–Trinajstić information content (AvgIpc) is 2.08. The molecule has 0 saturated heterocycles. The van der Waals surface area contributed by atoms with Crippen molar-refractivity contribution >= 4 is 5.71 Å². The van der Waals surface area contributed by atoms with Gasteiger partial charge in [0.05, 0.1) is 15.0 Å². The summed E-state index contributed by atoms with van der Waals surface area (Å²) in [4.78, 5) is 4.47. The van der Waals surface area contributed by atoms with Gasteiger partial charge in [-0.2, -0.15) is 0 Å². The predicted molar refractivity (Wildman–Crippen MR) is 31.8 cm³/mol. The molecule has 0 amide bonds. The molecule has 1 rings (SSSR count). The molecule has 0 bridgehead atoms. The highest BCUT2D eigenvalue weighted by atomic mass is 16.6. The van der Waals surface area contributed by atoms with Gasteiger partial charge < -0.3 is 9.94 Å². The van der Waals surface area contributed by atoms with Crippen molar-refractivity contribution in [3.63, 3.8) is 0 Å². The fraction of sp³-hybridized carbons (Fsp3) is 0.800. The molecule has 48 valence electrons. The Kier molecular flexibility index (Phi) is 1.86. The van der Waals surface area contributed by atoms with Gasteiger partial charge in [-0.1, -0.05) is 12.6 Å². The average molecular weight is 119 g/mol. The monoisotopic (exact) mass is 119 g/mol. The minimum Gasteiger partial charge on any atom is -0.395 e. The van der Waals surface area contributed by atoms with Crippen molar-refractivity contribution in [3.8, 4) is 0 Å². The van der Waals surface area contributed by atoms with Gasteiger partial charge in [-0.3, -0.25) is 0 Å². The van der Waals surface area contributed by atoms with Gasteiger partial charge in [0, 0.05) is 6.42 Å². The molecule has 1 aliphatic heterocycles. The highest BCUT2D eigenvalue weighted by Gasteiger charge is 2.03. The molecule has 1 heterocycles. The van der Waals surface area contributed by atoms with Crippen LogP contribution in [0.5, 0.6) is 0 Å². The number of hydrogen-bond acceptors (Lipinski definition) is 3. The summed E-state index contributed by atoms with van der Waals surface area (Å²) in [7, 11) is 0. The van der Waals surface area contributed by atoms with Crippen LogP contribution in [0.2, 0.25) is 0 Å². The third-order valence-electron chi connectivity index (χ3n) is 0.734. The summed E-state index contributed by atoms with van der Waals surface area (Å²) in [5, 5.41) is 11.9. The summed E-state index contributed by atoms with van der Waals surface area (Å²) >= 11 is 0. The first-order valence-corrected chi connectivity index (χ1v) is 2.02. The van der Waals surface area contributed by atoms with Crippen LogP contribution in [-0.2, 0) is 4.84 Å². The van der Waals surface area contributed by atoms with Crippen LogP contribution >= 0.6 is 0 Å². The lowest BCUT2D eigenvalue weighted by atomic mass is 10.3. The Hall–Kier alpha value is -0.570. The molecular weight excluding hydrogens is 106 g/mol. The van der Waals surface area contributed by atoms with Crippen LogP contribution in [0.1, 0.15) is 16.6 Å². The molecule has 0 aliphatic carbocycles. The molecule has 0 radical (unpaired) electrons. The van der Waals surface area contributed by atoms with E-state index < -0.39 is 6.56 Å². The lowest BCUT2D eigenvalue weighted by molar-refractivity contribution is 0.173. The number of hydrogen-bond donors (Lipinski definition) is 1. The molecule has 0 unspecified atom stereocenters. The van der Waals surface area contributed by atoms with E-state index in [1.165, 1.54) is 0 Å². The topological polar surface area (TPSA) is 41.8 Å². The fourth-order valence-electron chi connectivity index (χ4n) is 0.388. The van der Waals surface area contributed by atoms with E-state index in [0.717, 1.165) is 0 Å². The molecule has 0 aromatic carbocycles. The summed E-state index contributed by atoms with van der Waals surface area (Å²) < 4.78 is 13.5. The van der Waals surface area contributed by atoms with Crippen LogP contribution < -0.4 is 0 Å². The normalized spacial score (nSPS) is 21.9. The molecule has 1 N–H and O–H groups in total. The highest BCUT2D eigenvalue weighted by Crippen LogP contribution is 1.97. The molecule has 1 aliphatic rings. The van der Waals surface area contributed by atoms with E-state index in [1.54, 1.807) is 0 Å². The summed E-state index contributed by atoms with van der Waals surface area (Å²) in [6, 6.07) is 0. The number of nitrogens with zero attached hydrogens (tertiary/aromatic N) is 1. The van der Waals surface area contributed by atoms with E-state index >= 15 is 0 Å². The van der Waals surface area contributed by atoms with Crippen LogP contribution in [0, 0.1) is 0 Å². The van der Waals surface area contributed by atoms with Crippen LogP contribution in [-0.4, -0.2) is 24.0 Å². The summed E-state index contributed by atoms with van der Waals surface area (Å²) in [5.74, 6) is 0. The van der Waals surface area contributed by atoms with Crippen molar-refractivity contribution in [1.82, 2.24) is 0 Å². The number of oxime groups is 1. The van der Waals surface area contributed by atoms with E-state index in [4.69, 9.17) is 7.85 Å². The van der Waals surface area contributed by atoms with Crippen molar-refractivity contribution in [1.29, 1.82) is 0 Å². The van der Waals surface area contributed by atoms with Gasteiger partial charge in [-0.05, 0) is 0 Å².